The molecular weight excluding hydrogens is 292 g/mol. The van der Waals surface area contributed by atoms with Gasteiger partial charge >= 0.3 is 11.9 Å². The fraction of sp³-hybridized carbons (Fsp3) is 0.375. The lowest BCUT2D eigenvalue weighted by molar-refractivity contribution is -0.162. The van der Waals surface area contributed by atoms with Crippen molar-refractivity contribution in [2.24, 2.45) is 0 Å². The highest BCUT2D eigenvalue weighted by molar-refractivity contribution is 6.30. The van der Waals surface area contributed by atoms with Gasteiger partial charge in [-0.2, -0.15) is 0 Å². The fourth-order valence-electron chi connectivity index (χ4n) is 2.15. The van der Waals surface area contributed by atoms with Crippen LogP contribution in [-0.2, 0) is 19.7 Å². The van der Waals surface area contributed by atoms with Crippen LogP contribution in [0.4, 0.5) is 0 Å². The summed E-state index contributed by atoms with van der Waals surface area (Å²) in [4.78, 5) is 24.2. The number of hydrogen-bond acceptors (Lipinski definition) is 3. The molecule has 1 rings (SSSR count). The van der Waals surface area contributed by atoms with E-state index in [2.05, 4.69) is 5.92 Å². The summed E-state index contributed by atoms with van der Waals surface area (Å²) < 4.78 is 4.98. The molecule has 0 heterocycles. The van der Waals surface area contributed by atoms with Crippen LogP contribution >= 0.6 is 11.6 Å². The lowest BCUT2D eigenvalue weighted by atomic mass is 9.76. The van der Waals surface area contributed by atoms with E-state index in [0.29, 0.717) is 23.4 Å². The molecule has 0 bridgehead atoms. The number of unbranched alkanes of at least 4 members (excludes halogenated alkanes) is 1. The number of carbonyl (C=O) groups is 2. The number of hydrogen-bond donors (Lipinski definition) is 1. The number of aliphatic carboxylic acids is 1. The van der Waals surface area contributed by atoms with Gasteiger partial charge in [0.05, 0.1) is 6.61 Å². The molecule has 112 valence electrons. The molecule has 1 N–H and O–H groups in total. The van der Waals surface area contributed by atoms with Gasteiger partial charge in [-0.15, -0.1) is 12.3 Å². The number of esters is 1. The Labute approximate surface area is 129 Å². The van der Waals surface area contributed by atoms with E-state index in [-0.39, 0.29) is 13.0 Å². The van der Waals surface area contributed by atoms with Crippen LogP contribution in [0.1, 0.15) is 31.7 Å². The van der Waals surface area contributed by atoms with Crippen molar-refractivity contribution in [1.29, 1.82) is 0 Å². The van der Waals surface area contributed by atoms with Crippen LogP contribution in [0, 0.1) is 12.3 Å². The smallest absolute Gasteiger partial charge is 0.328 e. The van der Waals surface area contributed by atoms with Crippen LogP contribution < -0.4 is 0 Å². The van der Waals surface area contributed by atoms with E-state index >= 15 is 0 Å². The summed E-state index contributed by atoms with van der Waals surface area (Å²) in [7, 11) is 0. The Bertz CT molecular complexity index is 562. The summed E-state index contributed by atoms with van der Waals surface area (Å²) in [5, 5.41) is 10.0. The van der Waals surface area contributed by atoms with Crippen molar-refractivity contribution >= 4 is 23.5 Å². The lowest BCUT2D eigenvalue weighted by Crippen LogP contribution is -2.45. The monoisotopic (exact) mass is 308 g/mol. The van der Waals surface area contributed by atoms with E-state index in [0.717, 1.165) is 0 Å². The standard InChI is InChI=1S/C16H17ClO4/c1-3-5-6-10-16(14(18)19,15(20)21-4-2)12-8-7-9-13(17)11-12/h1,7-9,11H,4-6,10H2,2H3,(H,18,19). The first kappa shape index (κ1) is 17.1. The zero-order chi connectivity index (χ0) is 15.9. The van der Waals surface area contributed by atoms with E-state index in [9.17, 15) is 14.7 Å². The van der Waals surface area contributed by atoms with Gasteiger partial charge in [0.25, 0.3) is 0 Å². The highest BCUT2D eigenvalue weighted by Crippen LogP contribution is 2.33. The summed E-state index contributed by atoms with van der Waals surface area (Å²) in [6.45, 7) is 1.73. The molecule has 0 amide bonds. The third kappa shape index (κ3) is 3.77. The Morgan fingerprint density at radius 3 is 2.71 bits per heavy atom. The molecule has 1 aromatic carbocycles. The van der Waals surface area contributed by atoms with Gasteiger partial charge < -0.3 is 9.84 Å². The molecule has 1 unspecified atom stereocenters. The average Bonchev–Trinajstić information content (AvgIpc) is 2.43. The summed E-state index contributed by atoms with van der Waals surface area (Å²) >= 11 is 5.92. The minimum Gasteiger partial charge on any atom is -0.480 e. The van der Waals surface area contributed by atoms with Crippen molar-refractivity contribution in [1.82, 2.24) is 0 Å². The van der Waals surface area contributed by atoms with Gasteiger partial charge in [-0.05, 0) is 37.5 Å². The van der Waals surface area contributed by atoms with Gasteiger partial charge in [0.15, 0.2) is 5.41 Å². The van der Waals surface area contributed by atoms with Crippen molar-refractivity contribution in [3.63, 3.8) is 0 Å². The molecule has 1 atom stereocenters. The highest BCUT2D eigenvalue weighted by atomic mass is 35.5. The van der Waals surface area contributed by atoms with Crippen molar-refractivity contribution in [3.05, 3.63) is 34.9 Å². The number of halogens is 1. The van der Waals surface area contributed by atoms with Crippen molar-refractivity contribution in [3.8, 4) is 12.3 Å². The number of benzene rings is 1. The number of carboxylic acid groups (broad SMARTS) is 1. The lowest BCUT2D eigenvalue weighted by Gasteiger charge is -2.27. The number of carbonyl (C=O) groups excluding carboxylic acids is 1. The molecule has 0 fully saturated rings. The van der Waals surface area contributed by atoms with Crippen LogP contribution in [0.25, 0.3) is 0 Å². The first-order valence-corrected chi connectivity index (χ1v) is 6.97. The zero-order valence-electron chi connectivity index (χ0n) is 11.8. The topological polar surface area (TPSA) is 63.6 Å². The number of rotatable bonds is 7. The minimum atomic E-state index is -1.78. The molecule has 4 nitrogen and oxygen atoms in total. The number of ether oxygens (including phenoxy) is 1. The van der Waals surface area contributed by atoms with Gasteiger partial charge in [0.2, 0.25) is 0 Å². The number of carboxylic acids is 1. The van der Waals surface area contributed by atoms with Gasteiger partial charge in [-0.3, -0.25) is 9.59 Å². The molecule has 1 aromatic rings. The summed E-state index contributed by atoms with van der Waals surface area (Å²) in [6.07, 6.45) is 6.04. The quantitative estimate of drug-likeness (QED) is 0.364. The van der Waals surface area contributed by atoms with Crippen molar-refractivity contribution < 1.29 is 19.4 Å². The first-order chi connectivity index (χ1) is 9.98. The molecule has 0 aliphatic rings. The third-order valence-corrected chi connectivity index (χ3v) is 3.41. The summed E-state index contributed by atoms with van der Waals surface area (Å²) in [6, 6.07) is 6.26. The Morgan fingerprint density at radius 1 is 1.48 bits per heavy atom. The molecular formula is C16H17ClO4. The molecule has 0 radical (unpaired) electrons. The Hall–Kier alpha value is -1.99. The predicted octanol–water partition coefficient (Wildman–Crippen LogP) is 3.03. The molecule has 0 saturated heterocycles. The maximum atomic E-state index is 12.3. The van der Waals surface area contributed by atoms with Crippen LogP contribution in [0.3, 0.4) is 0 Å². The van der Waals surface area contributed by atoms with E-state index in [1.165, 1.54) is 6.07 Å². The average molecular weight is 309 g/mol. The van der Waals surface area contributed by atoms with Crippen molar-refractivity contribution in [2.75, 3.05) is 6.61 Å². The van der Waals surface area contributed by atoms with Gasteiger partial charge in [-0.1, -0.05) is 23.7 Å². The second-order valence-corrected chi connectivity index (χ2v) is 4.94. The molecule has 0 aliphatic carbocycles. The van der Waals surface area contributed by atoms with Gasteiger partial charge in [0.1, 0.15) is 0 Å². The largest absolute Gasteiger partial charge is 0.480 e. The van der Waals surface area contributed by atoms with E-state index in [4.69, 9.17) is 22.8 Å². The van der Waals surface area contributed by atoms with Gasteiger partial charge in [-0.25, -0.2) is 0 Å². The highest BCUT2D eigenvalue weighted by Gasteiger charge is 2.48. The van der Waals surface area contributed by atoms with Crippen LogP contribution in [0.5, 0.6) is 0 Å². The van der Waals surface area contributed by atoms with Gasteiger partial charge in [0, 0.05) is 11.4 Å². The molecule has 5 heteroatoms. The second-order valence-electron chi connectivity index (χ2n) is 4.50. The van der Waals surface area contributed by atoms with Crippen LogP contribution in [0.15, 0.2) is 24.3 Å². The second kappa shape index (κ2) is 7.70. The molecule has 0 spiro atoms. The molecule has 0 aromatic heterocycles. The Kier molecular flexibility index (Phi) is 6.26. The predicted molar refractivity (Wildman–Crippen MR) is 80.1 cm³/mol. The summed E-state index contributed by atoms with van der Waals surface area (Å²) in [5.41, 5.74) is -1.48. The number of terminal acetylenes is 1. The maximum Gasteiger partial charge on any atom is 0.328 e. The Morgan fingerprint density at radius 2 is 2.19 bits per heavy atom. The first-order valence-electron chi connectivity index (χ1n) is 6.59. The van der Waals surface area contributed by atoms with E-state index in [1.807, 2.05) is 0 Å². The maximum absolute atomic E-state index is 12.3. The molecule has 0 aliphatic heterocycles. The molecule has 0 saturated carbocycles. The molecule has 21 heavy (non-hydrogen) atoms. The minimum absolute atomic E-state index is 0.0612. The van der Waals surface area contributed by atoms with Crippen LogP contribution in [-0.4, -0.2) is 23.7 Å². The van der Waals surface area contributed by atoms with Crippen molar-refractivity contribution in [2.45, 2.75) is 31.6 Å². The normalized spacial score (nSPS) is 13.0. The zero-order valence-corrected chi connectivity index (χ0v) is 12.5. The third-order valence-electron chi connectivity index (χ3n) is 3.18. The Balaban J connectivity index is 3.33. The summed E-state index contributed by atoms with van der Waals surface area (Å²) in [5.74, 6) is 0.384. The fourth-order valence-corrected chi connectivity index (χ4v) is 2.34. The SMILES string of the molecule is C#CCCCC(C(=O)O)(C(=O)OCC)c1cccc(Cl)c1. The van der Waals surface area contributed by atoms with E-state index < -0.39 is 17.4 Å². The van der Waals surface area contributed by atoms with Crippen LogP contribution in [0.2, 0.25) is 5.02 Å². The van der Waals surface area contributed by atoms with E-state index in [1.54, 1.807) is 25.1 Å².